The summed E-state index contributed by atoms with van der Waals surface area (Å²) in [6.45, 7) is 1.51. The van der Waals surface area contributed by atoms with Crippen molar-refractivity contribution in [2.45, 2.75) is 0 Å². The number of rotatable bonds is 3. The highest BCUT2D eigenvalue weighted by atomic mass is 16.5. The van der Waals surface area contributed by atoms with Crippen LogP contribution in [0.3, 0.4) is 0 Å². The Hall–Kier alpha value is -4.20. The van der Waals surface area contributed by atoms with E-state index in [0.29, 0.717) is 48.2 Å². The van der Waals surface area contributed by atoms with Crippen molar-refractivity contribution in [3.8, 4) is 5.75 Å². The van der Waals surface area contributed by atoms with Crippen molar-refractivity contribution in [1.82, 2.24) is 15.3 Å². The van der Waals surface area contributed by atoms with Gasteiger partial charge in [0, 0.05) is 30.1 Å². The number of hydrogen-bond acceptors (Lipinski definition) is 6. The van der Waals surface area contributed by atoms with Gasteiger partial charge < -0.3 is 20.7 Å². The molecule has 8 heteroatoms. The molecule has 0 spiro atoms. The van der Waals surface area contributed by atoms with Gasteiger partial charge in [0.2, 0.25) is 0 Å². The van der Waals surface area contributed by atoms with E-state index in [2.05, 4.69) is 32.0 Å². The number of anilines is 2. The molecule has 0 radical (unpaired) electrons. The number of amides is 2. The van der Waals surface area contributed by atoms with Crippen LogP contribution in [0.4, 0.5) is 11.6 Å². The predicted octanol–water partition coefficient (Wildman–Crippen LogP) is 2.71. The average molecular weight is 413 g/mol. The molecule has 31 heavy (non-hydrogen) atoms. The third-order valence-electron chi connectivity index (χ3n) is 5.13. The van der Waals surface area contributed by atoms with Gasteiger partial charge in [0.05, 0.1) is 12.1 Å². The molecule has 0 fully saturated rings. The third-order valence-corrected chi connectivity index (χ3v) is 5.13. The fourth-order valence-corrected chi connectivity index (χ4v) is 3.62. The number of aromatic nitrogens is 2. The van der Waals surface area contributed by atoms with Crippen LogP contribution in [0.1, 0.15) is 31.8 Å². The zero-order valence-electron chi connectivity index (χ0n) is 16.5. The standard InChI is InChI=1S/C23H19N5O3/c29-22(14-5-8-24-9-6-14)28-20-4-3-17-16(7-10-25-21(17)27-20)15-1-2-18-19(13-15)31-12-11-26-23(18)30/h1-9,13H,10-12H2,(H,26,30)(H2,25,27,28,29). The Labute approximate surface area is 178 Å². The molecule has 0 saturated carbocycles. The Morgan fingerprint density at radius 2 is 1.87 bits per heavy atom. The Morgan fingerprint density at radius 3 is 2.74 bits per heavy atom. The van der Waals surface area contributed by atoms with Gasteiger partial charge >= 0.3 is 0 Å². The van der Waals surface area contributed by atoms with Crippen molar-refractivity contribution in [2.24, 2.45) is 0 Å². The van der Waals surface area contributed by atoms with E-state index in [9.17, 15) is 9.59 Å². The number of pyridine rings is 2. The van der Waals surface area contributed by atoms with E-state index in [4.69, 9.17) is 4.74 Å². The molecule has 1 aromatic carbocycles. The first-order chi connectivity index (χ1) is 15.2. The maximum Gasteiger partial charge on any atom is 0.256 e. The van der Waals surface area contributed by atoms with Gasteiger partial charge in [-0.05, 0) is 47.5 Å². The van der Waals surface area contributed by atoms with E-state index in [-0.39, 0.29) is 11.8 Å². The highest BCUT2D eigenvalue weighted by Crippen LogP contribution is 2.35. The van der Waals surface area contributed by atoms with Crippen LogP contribution in [0.2, 0.25) is 0 Å². The number of fused-ring (bicyclic) bond motifs is 2. The SMILES string of the molecule is O=C(Nc1ccc2c(n1)NCC=C2c1ccc2c(c1)OCCNC2=O)c1ccncc1. The zero-order chi connectivity index (χ0) is 21.2. The molecule has 0 bridgehead atoms. The first-order valence-corrected chi connectivity index (χ1v) is 9.91. The first-order valence-electron chi connectivity index (χ1n) is 9.91. The highest BCUT2D eigenvalue weighted by Gasteiger charge is 2.21. The summed E-state index contributed by atoms with van der Waals surface area (Å²) in [5.41, 5.74) is 3.88. The number of carbonyl (C=O) groups is 2. The van der Waals surface area contributed by atoms with Crippen LogP contribution >= 0.6 is 0 Å². The Balaban J connectivity index is 1.43. The van der Waals surface area contributed by atoms with Crippen molar-refractivity contribution < 1.29 is 14.3 Å². The molecule has 3 N–H and O–H groups in total. The van der Waals surface area contributed by atoms with E-state index >= 15 is 0 Å². The maximum atomic E-state index is 12.4. The molecule has 4 heterocycles. The number of benzene rings is 1. The normalized spacial score (nSPS) is 14.6. The van der Waals surface area contributed by atoms with Crippen LogP contribution in [0.15, 0.2) is 60.9 Å². The van der Waals surface area contributed by atoms with Crippen molar-refractivity contribution in [1.29, 1.82) is 0 Å². The minimum atomic E-state index is -0.248. The summed E-state index contributed by atoms with van der Waals surface area (Å²) in [4.78, 5) is 33.1. The second kappa shape index (κ2) is 7.91. The van der Waals surface area contributed by atoms with Gasteiger partial charge in [-0.3, -0.25) is 14.6 Å². The number of hydrogen-bond donors (Lipinski definition) is 3. The lowest BCUT2D eigenvalue weighted by atomic mass is 9.94. The molecule has 2 aliphatic rings. The zero-order valence-corrected chi connectivity index (χ0v) is 16.5. The van der Waals surface area contributed by atoms with E-state index in [1.54, 1.807) is 36.7 Å². The van der Waals surface area contributed by atoms with Gasteiger partial charge in [-0.1, -0.05) is 12.1 Å². The van der Waals surface area contributed by atoms with Gasteiger partial charge in [-0.2, -0.15) is 0 Å². The third kappa shape index (κ3) is 3.71. The lowest BCUT2D eigenvalue weighted by Crippen LogP contribution is -2.24. The molecule has 0 saturated heterocycles. The molecule has 3 aromatic rings. The van der Waals surface area contributed by atoms with Crippen LogP contribution in [0, 0.1) is 0 Å². The largest absolute Gasteiger partial charge is 0.491 e. The molecule has 8 nitrogen and oxygen atoms in total. The van der Waals surface area contributed by atoms with Gasteiger partial charge in [-0.25, -0.2) is 4.98 Å². The molecule has 154 valence electrons. The second-order valence-corrected chi connectivity index (χ2v) is 7.10. The van der Waals surface area contributed by atoms with Crippen molar-refractivity contribution in [3.05, 3.63) is 83.2 Å². The van der Waals surface area contributed by atoms with E-state index in [1.807, 2.05) is 18.2 Å². The summed E-state index contributed by atoms with van der Waals surface area (Å²) in [7, 11) is 0. The quantitative estimate of drug-likeness (QED) is 0.610. The summed E-state index contributed by atoms with van der Waals surface area (Å²) >= 11 is 0. The molecule has 5 rings (SSSR count). The van der Waals surface area contributed by atoms with Crippen LogP contribution in [-0.2, 0) is 0 Å². The van der Waals surface area contributed by atoms with Gasteiger partial charge in [0.1, 0.15) is 24.0 Å². The molecular formula is C23H19N5O3. The minimum Gasteiger partial charge on any atom is -0.491 e. The van der Waals surface area contributed by atoms with Crippen molar-refractivity contribution >= 4 is 29.0 Å². The number of nitrogens with zero attached hydrogens (tertiary/aromatic N) is 2. The number of carbonyl (C=O) groups excluding carboxylic acids is 2. The fourth-order valence-electron chi connectivity index (χ4n) is 3.62. The smallest absolute Gasteiger partial charge is 0.256 e. The molecular weight excluding hydrogens is 394 g/mol. The summed E-state index contributed by atoms with van der Waals surface area (Å²) in [6, 6.07) is 12.6. The summed E-state index contributed by atoms with van der Waals surface area (Å²) in [6.07, 6.45) is 5.21. The first kappa shape index (κ1) is 18.8. The topological polar surface area (TPSA) is 105 Å². The molecule has 0 unspecified atom stereocenters. The van der Waals surface area contributed by atoms with E-state index in [1.165, 1.54) is 0 Å². The lowest BCUT2D eigenvalue weighted by Gasteiger charge is -2.20. The Morgan fingerprint density at radius 1 is 1.03 bits per heavy atom. The Bertz CT molecular complexity index is 1210. The van der Waals surface area contributed by atoms with Gasteiger partial charge in [0.25, 0.3) is 11.8 Å². The molecule has 0 aliphatic carbocycles. The minimum absolute atomic E-state index is 0.130. The Kier molecular flexibility index (Phi) is 4.80. The van der Waals surface area contributed by atoms with Gasteiger partial charge in [0.15, 0.2) is 0 Å². The van der Waals surface area contributed by atoms with Crippen molar-refractivity contribution in [3.63, 3.8) is 0 Å². The monoisotopic (exact) mass is 413 g/mol. The number of nitrogens with one attached hydrogen (secondary N) is 3. The van der Waals surface area contributed by atoms with E-state index < -0.39 is 0 Å². The average Bonchev–Trinajstić information content (AvgIpc) is 3.00. The molecule has 2 amide bonds. The fraction of sp³-hybridized carbons (Fsp3) is 0.130. The van der Waals surface area contributed by atoms with Crippen molar-refractivity contribution in [2.75, 3.05) is 30.3 Å². The number of ether oxygens (including phenoxy) is 1. The van der Waals surface area contributed by atoms with Gasteiger partial charge in [-0.15, -0.1) is 0 Å². The van der Waals surface area contributed by atoms with Crippen LogP contribution in [-0.4, -0.2) is 41.5 Å². The summed E-state index contributed by atoms with van der Waals surface area (Å²) in [5, 5.41) is 8.88. The van der Waals surface area contributed by atoms with E-state index in [0.717, 1.165) is 16.7 Å². The highest BCUT2D eigenvalue weighted by molar-refractivity contribution is 6.04. The lowest BCUT2D eigenvalue weighted by molar-refractivity contribution is 0.0956. The maximum absolute atomic E-state index is 12.4. The molecule has 2 aromatic heterocycles. The summed E-state index contributed by atoms with van der Waals surface area (Å²) in [5.74, 6) is 1.33. The molecule has 0 atom stereocenters. The second-order valence-electron chi connectivity index (χ2n) is 7.10. The summed E-state index contributed by atoms with van der Waals surface area (Å²) < 4.78 is 5.75. The van der Waals surface area contributed by atoms with Crippen LogP contribution < -0.4 is 20.7 Å². The molecule has 2 aliphatic heterocycles. The predicted molar refractivity (Wildman–Crippen MR) is 116 cm³/mol. The van der Waals surface area contributed by atoms with Crippen LogP contribution in [0.25, 0.3) is 5.57 Å². The van der Waals surface area contributed by atoms with Crippen LogP contribution in [0.5, 0.6) is 5.75 Å².